The Bertz CT molecular complexity index is 452. The van der Waals surface area contributed by atoms with Crippen molar-refractivity contribution in [1.82, 2.24) is 4.90 Å². The molecule has 20 heavy (non-hydrogen) atoms. The van der Waals surface area contributed by atoms with Gasteiger partial charge in [0.1, 0.15) is 5.82 Å². The van der Waals surface area contributed by atoms with Crippen molar-refractivity contribution in [3.63, 3.8) is 0 Å². The molecule has 1 aromatic carbocycles. The third kappa shape index (κ3) is 4.59. The summed E-state index contributed by atoms with van der Waals surface area (Å²) in [5, 5.41) is 8.92. The molecule has 0 radical (unpaired) electrons. The van der Waals surface area contributed by atoms with E-state index in [1.807, 2.05) is 0 Å². The lowest BCUT2D eigenvalue weighted by Gasteiger charge is -2.30. The summed E-state index contributed by atoms with van der Waals surface area (Å²) in [7, 11) is 1.67. The maximum Gasteiger partial charge on any atom is 0.127 e. The number of nitriles is 1. The van der Waals surface area contributed by atoms with Gasteiger partial charge in [-0.15, -0.1) is 0 Å². The van der Waals surface area contributed by atoms with Crippen molar-refractivity contribution < 1.29 is 9.13 Å². The molecule has 0 saturated heterocycles. The molecule has 0 atom stereocenters. The van der Waals surface area contributed by atoms with Gasteiger partial charge < -0.3 is 4.74 Å². The van der Waals surface area contributed by atoms with Gasteiger partial charge in [-0.1, -0.05) is 13.8 Å². The maximum absolute atomic E-state index is 13.9. The van der Waals surface area contributed by atoms with Crippen LogP contribution in [0.15, 0.2) is 18.2 Å². The lowest BCUT2D eigenvalue weighted by molar-refractivity contribution is 0.109. The van der Waals surface area contributed by atoms with Crippen LogP contribution in [0.2, 0.25) is 0 Å². The first kappa shape index (κ1) is 16.6. The van der Waals surface area contributed by atoms with Gasteiger partial charge in [-0.2, -0.15) is 5.26 Å². The van der Waals surface area contributed by atoms with Crippen molar-refractivity contribution in [2.75, 3.05) is 20.3 Å². The third-order valence-corrected chi connectivity index (χ3v) is 3.59. The van der Waals surface area contributed by atoms with Crippen molar-refractivity contribution in [3.8, 4) is 6.07 Å². The number of rotatable bonds is 8. The molecule has 0 saturated carbocycles. The molecule has 0 aromatic heterocycles. The van der Waals surface area contributed by atoms with Gasteiger partial charge in [-0.05, 0) is 31.0 Å². The van der Waals surface area contributed by atoms with Crippen molar-refractivity contribution in [2.45, 2.75) is 39.3 Å². The van der Waals surface area contributed by atoms with Gasteiger partial charge in [0.2, 0.25) is 0 Å². The summed E-state index contributed by atoms with van der Waals surface area (Å²) < 4.78 is 19.0. The molecule has 3 nitrogen and oxygen atoms in total. The van der Waals surface area contributed by atoms with E-state index in [1.54, 1.807) is 13.2 Å². The summed E-state index contributed by atoms with van der Waals surface area (Å²) >= 11 is 0. The highest BCUT2D eigenvalue weighted by molar-refractivity contribution is 5.33. The Labute approximate surface area is 121 Å². The second kappa shape index (κ2) is 8.68. The van der Waals surface area contributed by atoms with Crippen molar-refractivity contribution in [1.29, 1.82) is 5.26 Å². The largest absolute Gasteiger partial charge is 0.383 e. The molecule has 1 rings (SSSR count). The van der Waals surface area contributed by atoms with Crippen LogP contribution in [0, 0.1) is 17.1 Å². The van der Waals surface area contributed by atoms with Crippen LogP contribution in [0.1, 0.15) is 37.8 Å². The van der Waals surface area contributed by atoms with Crippen molar-refractivity contribution in [3.05, 3.63) is 35.1 Å². The molecule has 0 bridgehead atoms. The molecule has 4 heteroatoms. The van der Waals surface area contributed by atoms with Gasteiger partial charge >= 0.3 is 0 Å². The quantitative estimate of drug-likeness (QED) is 0.731. The molecule has 0 heterocycles. The Morgan fingerprint density at radius 1 is 1.35 bits per heavy atom. The Kier molecular flexibility index (Phi) is 7.21. The highest BCUT2D eigenvalue weighted by Crippen LogP contribution is 2.17. The Balaban J connectivity index is 2.90. The minimum Gasteiger partial charge on any atom is -0.383 e. The SMILES string of the molecule is CCC(CC)N(CCOC)Cc1cc(C#N)ccc1F. The summed E-state index contributed by atoms with van der Waals surface area (Å²) in [6.07, 6.45) is 2.03. The highest BCUT2D eigenvalue weighted by atomic mass is 19.1. The average molecular weight is 278 g/mol. The first-order valence-electron chi connectivity index (χ1n) is 7.07. The molecule has 0 spiro atoms. The van der Waals surface area contributed by atoms with Crippen LogP contribution in [-0.2, 0) is 11.3 Å². The third-order valence-electron chi connectivity index (χ3n) is 3.59. The molecule has 0 aliphatic carbocycles. The Morgan fingerprint density at radius 2 is 2.05 bits per heavy atom. The van der Waals surface area contributed by atoms with E-state index in [1.165, 1.54) is 12.1 Å². The van der Waals surface area contributed by atoms with Gasteiger partial charge in [0.05, 0.1) is 18.2 Å². The average Bonchev–Trinajstić information content (AvgIpc) is 2.47. The number of hydrogen-bond acceptors (Lipinski definition) is 3. The monoisotopic (exact) mass is 278 g/mol. The van der Waals surface area contributed by atoms with E-state index in [0.29, 0.717) is 30.3 Å². The number of methoxy groups -OCH3 is 1. The minimum absolute atomic E-state index is 0.252. The lowest BCUT2D eigenvalue weighted by atomic mass is 10.1. The number of nitrogens with zero attached hydrogens (tertiary/aromatic N) is 2. The van der Waals surface area contributed by atoms with Crippen molar-refractivity contribution in [2.24, 2.45) is 0 Å². The fraction of sp³-hybridized carbons (Fsp3) is 0.562. The molecular formula is C16H23FN2O. The van der Waals surface area contributed by atoms with E-state index in [2.05, 4.69) is 24.8 Å². The summed E-state index contributed by atoms with van der Waals surface area (Å²) in [5.41, 5.74) is 1.07. The Morgan fingerprint density at radius 3 is 2.60 bits per heavy atom. The molecule has 1 aromatic rings. The van der Waals surface area contributed by atoms with Gasteiger partial charge in [-0.25, -0.2) is 4.39 Å². The Hall–Kier alpha value is -1.44. The van der Waals surface area contributed by atoms with E-state index in [-0.39, 0.29) is 5.82 Å². The minimum atomic E-state index is -0.252. The molecule has 0 amide bonds. The van der Waals surface area contributed by atoms with E-state index in [4.69, 9.17) is 10.00 Å². The van der Waals surface area contributed by atoms with Crippen LogP contribution < -0.4 is 0 Å². The second-order valence-electron chi connectivity index (χ2n) is 4.85. The highest BCUT2D eigenvalue weighted by Gasteiger charge is 2.17. The first-order valence-corrected chi connectivity index (χ1v) is 7.07. The molecule has 0 aliphatic heterocycles. The zero-order valence-electron chi connectivity index (χ0n) is 12.5. The van der Waals surface area contributed by atoms with Crippen LogP contribution in [0.25, 0.3) is 0 Å². The first-order chi connectivity index (χ1) is 9.65. The van der Waals surface area contributed by atoms with Gasteiger partial charge in [0.25, 0.3) is 0 Å². The van der Waals surface area contributed by atoms with E-state index in [9.17, 15) is 4.39 Å². The molecular weight excluding hydrogens is 255 g/mol. The summed E-state index contributed by atoms with van der Waals surface area (Å²) in [6.45, 7) is 6.16. The summed E-state index contributed by atoms with van der Waals surface area (Å²) in [6, 6.07) is 6.97. The fourth-order valence-corrected chi connectivity index (χ4v) is 2.39. The van der Waals surface area contributed by atoms with Crippen LogP contribution in [0.3, 0.4) is 0 Å². The molecule has 0 aliphatic rings. The zero-order valence-corrected chi connectivity index (χ0v) is 12.5. The zero-order chi connectivity index (χ0) is 15.0. The smallest absolute Gasteiger partial charge is 0.127 e. The number of halogens is 1. The lowest BCUT2D eigenvalue weighted by Crippen LogP contribution is -2.36. The van der Waals surface area contributed by atoms with E-state index in [0.717, 1.165) is 19.4 Å². The molecule has 0 fully saturated rings. The summed E-state index contributed by atoms with van der Waals surface area (Å²) in [5.74, 6) is -0.252. The standard InChI is InChI=1S/C16H23FN2O/c1-4-15(5-2)19(8-9-20-3)12-14-10-13(11-18)6-7-16(14)17/h6-7,10,15H,4-5,8-9,12H2,1-3H3. The predicted octanol–water partition coefficient (Wildman–Crippen LogP) is 3.33. The number of benzene rings is 1. The van der Waals surface area contributed by atoms with Gasteiger partial charge in [0, 0.05) is 31.8 Å². The molecule has 110 valence electrons. The summed E-state index contributed by atoms with van der Waals surface area (Å²) in [4.78, 5) is 2.23. The van der Waals surface area contributed by atoms with Gasteiger partial charge in [-0.3, -0.25) is 4.90 Å². The predicted molar refractivity (Wildman–Crippen MR) is 77.8 cm³/mol. The van der Waals surface area contributed by atoms with Crippen LogP contribution in [-0.4, -0.2) is 31.2 Å². The van der Waals surface area contributed by atoms with E-state index >= 15 is 0 Å². The van der Waals surface area contributed by atoms with E-state index < -0.39 is 0 Å². The second-order valence-corrected chi connectivity index (χ2v) is 4.85. The topological polar surface area (TPSA) is 36.3 Å². The fourth-order valence-electron chi connectivity index (χ4n) is 2.39. The maximum atomic E-state index is 13.9. The van der Waals surface area contributed by atoms with Crippen molar-refractivity contribution >= 4 is 0 Å². The molecule has 0 N–H and O–H groups in total. The normalized spacial score (nSPS) is 11.1. The van der Waals surface area contributed by atoms with Crippen LogP contribution in [0.5, 0.6) is 0 Å². The number of hydrogen-bond donors (Lipinski definition) is 0. The van der Waals surface area contributed by atoms with Crippen LogP contribution in [0.4, 0.5) is 4.39 Å². The van der Waals surface area contributed by atoms with Gasteiger partial charge in [0.15, 0.2) is 0 Å². The number of ether oxygens (including phenoxy) is 1. The van der Waals surface area contributed by atoms with Crippen LogP contribution >= 0.6 is 0 Å². The molecule has 0 unspecified atom stereocenters.